The van der Waals surface area contributed by atoms with Crippen LogP contribution in [0.5, 0.6) is 5.75 Å². The van der Waals surface area contributed by atoms with Gasteiger partial charge in [-0.3, -0.25) is 0 Å². The van der Waals surface area contributed by atoms with Crippen LogP contribution in [0, 0.1) is 0 Å². The number of unbranched alkanes of at least 4 members (excludes halogenated alkanes) is 7. The number of carbonyl (C=O) groups is 1. The monoisotopic (exact) mass is 586 g/mol. The summed E-state index contributed by atoms with van der Waals surface area (Å²) in [6.45, 7) is 4.84. The van der Waals surface area contributed by atoms with Crippen molar-refractivity contribution in [3.8, 4) is 5.75 Å². The van der Waals surface area contributed by atoms with Crippen molar-refractivity contribution in [1.82, 2.24) is 0 Å². The standard InChI is InChI=1S/C25H42O7.Cs/c1-2-3-4-5-6-7-8-9-10-22-11-12-24(23(21-22)25(27)28)32-20-19-31-18-17-30-16-15-29-14-13-26;/h11-12,21,26H,2-10,13-20H2,1H3,(H,27,28);/q;+1/p-1. The Morgan fingerprint density at radius 2 is 1.36 bits per heavy atom. The molecule has 1 N–H and O–H groups in total. The fourth-order valence-electron chi connectivity index (χ4n) is 3.30. The van der Waals surface area contributed by atoms with E-state index in [-0.39, 0.29) is 87.7 Å². The number of aromatic carboxylic acids is 1. The Bertz CT molecular complexity index is 598. The van der Waals surface area contributed by atoms with E-state index >= 15 is 0 Å². The summed E-state index contributed by atoms with van der Waals surface area (Å²) in [5.41, 5.74) is 1.09. The van der Waals surface area contributed by atoms with Gasteiger partial charge in [0.05, 0.1) is 52.2 Å². The summed E-state index contributed by atoms with van der Waals surface area (Å²) in [7, 11) is 0. The molecule has 0 heterocycles. The number of benzene rings is 1. The van der Waals surface area contributed by atoms with Crippen LogP contribution in [-0.4, -0.2) is 63.9 Å². The molecule has 0 aromatic heterocycles. The fraction of sp³-hybridized carbons (Fsp3) is 0.720. The predicted octanol–water partition coefficient (Wildman–Crippen LogP) is 0.158. The number of rotatable bonds is 22. The minimum Gasteiger partial charge on any atom is -0.545 e. The summed E-state index contributed by atoms with van der Waals surface area (Å²) >= 11 is 0. The van der Waals surface area contributed by atoms with Crippen LogP contribution in [0.2, 0.25) is 0 Å². The Kier molecular flexibility index (Phi) is 24.4. The van der Waals surface area contributed by atoms with Crippen LogP contribution in [-0.2, 0) is 20.6 Å². The maximum atomic E-state index is 11.5. The van der Waals surface area contributed by atoms with Crippen LogP contribution in [0.3, 0.4) is 0 Å². The molecule has 1 aromatic rings. The van der Waals surface area contributed by atoms with Gasteiger partial charge in [0.25, 0.3) is 0 Å². The zero-order valence-electron chi connectivity index (χ0n) is 20.6. The molecule has 0 aliphatic rings. The van der Waals surface area contributed by atoms with Gasteiger partial charge in [0.1, 0.15) is 12.4 Å². The second-order valence-corrected chi connectivity index (χ2v) is 7.75. The molecule has 0 spiro atoms. The van der Waals surface area contributed by atoms with Gasteiger partial charge in [0, 0.05) is 5.56 Å². The fourth-order valence-corrected chi connectivity index (χ4v) is 3.30. The third-order valence-electron chi connectivity index (χ3n) is 5.05. The zero-order chi connectivity index (χ0) is 23.3. The van der Waals surface area contributed by atoms with Crippen molar-refractivity contribution >= 4 is 5.97 Å². The average molecular weight is 587 g/mol. The van der Waals surface area contributed by atoms with E-state index in [4.69, 9.17) is 24.1 Å². The van der Waals surface area contributed by atoms with Crippen LogP contribution in [0.15, 0.2) is 18.2 Å². The molecule has 0 radical (unpaired) electrons. The van der Waals surface area contributed by atoms with Gasteiger partial charge in [-0.25, -0.2) is 0 Å². The molecule has 184 valence electrons. The van der Waals surface area contributed by atoms with Gasteiger partial charge >= 0.3 is 68.9 Å². The number of ether oxygens (including phenoxy) is 4. The summed E-state index contributed by atoms with van der Waals surface area (Å²) in [6.07, 6.45) is 10.8. The molecule has 0 aliphatic heterocycles. The maximum absolute atomic E-state index is 11.5. The molecular formula is C25H41CsO7. The number of carboxylic acids is 1. The van der Waals surface area contributed by atoms with E-state index < -0.39 is 5.97 Å². The van der Waals surface area contributed by atoms with Crippen molar-refractivity contribution in [3.63, 3.8) is 0 Å². The first-order valence-electron chi connectivity index (χ1n) is 12.0. The van der Waals surface area contributed by atoms with E-state index in [1.165, 1.54) is 44.9 Å². The molecule has 0 saturated heterocycles. The summed E-state index contributed by atoms with van der Waals surface area (Å²) in [5.74, 6) is -0.916. The van der Waals surface area contributed by atoms with E-state index in [9.17, 15) is 9.90 Å². The van der Waals surface area contributed by atoms with Crippen LogP contribution in [0.25, 0.3) is 0 Å². The third kappa shape index (κ3) is 18.3. The molecule has 33 heavy (non-hydrogen) atoms. The Morgan fingerprint density at radius 3 is 1.94 bits per heavy atom. The number of hydrogen-bond acceptors (Lipinski definition) is 7. The molecule has 0 unspecified atom stereocenters. The molecule has 8 heteroatoms. The molecule has 0 aliphatic carbocycles. The van der Waals surface area contributed by atoms with Gasteiger partial charge < -0.3 is 34.0 Å². The van der Waals surface area contributed by atoms with Gasteiger partial charge in [-0.2, -0.15) is 0 Å². The SMILES string of the molecule is CCCCCCCCCCc1ccc(OCCOCCOCCOCCO)c(C(=O)[O-])c1.[Cs+]. The average Bonchev–Trinajstić information content (AvgIpc) is 2.79. The Balaban J connectivity index is 0.0000102. The van der Waals surface area contributed by atoms with Gasteiger partial charge in [-0.05, 0) is 30.5 Å². The summed E-state index contributed by atoms with van der Waals surface area (Å²) in [5, 5.41) is 20.1. The van der Waals surface area contributed by atoms with Gasteiger partial charge in [-0.1, -0.05) is 57.9 Å². The number of carbonyl (C=O) groups excluding carboxylic acids is 1. The molecule has 1 aromatic carbocycles. The van der Waals surface area contributed by atoms with Crippen molar-refractivity contribution in [2.75, 3.05) is 52.9 Å². The minimum absolute atomic E-state index is 0. The normalized spacial score (nSPS) is 10.7. The maximum Gasteiger partial charge on any atom is 1.00 e. The van der Waals surface area contributed by atoms with Crippen molar-refractivity contribution in [1.29, 1.82) is 0 Å². The number of carboxylic acid groups (broad SMARTS) is 1. The molecule has 1 rings (SSSR count). The van der Waals surface area contributed by atoms with Crippen molar-refractivity contribution < 1.29 is 103 Å². The second kappa shape index (κ2) is 24.1. The van der Waals surface area contributed by atoms with E-state index in [1.807, 2.05) is 6.07 Å². The van der Waals surface area contributed by atoms with Gasteiger partial charge in [0.2, 0.25) is 0 Å². The minimum atomic E-state index is -1.23. The van der Waals surface area contributed by atoms with Crippen molar-refractivity contribution in [3.05, 3.63) is 29.3 Å². The first-order chi connectivity index (χ1) is 15.7. The van der Waals surface area contributed by atoms with E-state index in [0.29, 0.717) is 45.4 Å². The number of hydrogen-bond donors (Lipinski definition) is 1. The van der Waals surface area contributed by atoms with E-state index in [1.54, 1.807) is 12.1 Å². The topological polar surface area (TPSA) is 97.3 Å². The zero-order valence-corrected chi connectivity index (χ0v) is 26.9. The summed E-state index contributed by atoms with van der Waals surface area (Å²) in [4.78, 5) is 11.5. The van der Waals surface area contributed by atoms with Crippen LogP contribution < -0.4 is 78.7 Å². The number of aliphatic hydroxyl groups is 1. The first-order valence-corrected chi connectivity index (χ1v) is 12.0. The molecule has 0 amide bonds. The largest absolute Gasteiger partial charge is 1.00 e. The van der Waals surface area contributed by atoms with Crippen molar-refractivity contribution in [2.24, 2.45) is 0 Å². The van der Waals surface area contributed by atoms with Gasteiger partial charge in [-0.15, -0.1) is 0 Å². The molecule has 0 fully saturated rings. The van der Waals surface area contributed by atoms with E-state index in [0.717, 1.165) is 18.4 Å². The molecule has 0 bridgehead atoms. The molecule has 7 nitrogen and oxygen atoms in total. The molecule has 0 saturated carbocycles. The summed E-state index contributed by atoms with van der Waals surface area (Å²) < 4.78 is 21.4. The smallest absolute Gasteiger partial charge is 0.545 e. The van der Waals surface area contributed by atoms with E-state index in [2.05, 4.69) is 6.92 Å². The quantitative estimate of drug-likeness (QED) is 0.194. The van der Waals surface area contributed by atoms with Crippen LogP contribution >= 0.6 is 0 Å². The number of aliphatic hydroxyl groups excluding tert-OH is 1. The Labute approximate surface area is 258 Å². The molecular weight excluding hydrogens is 545 g/mol. The van der Waals surface area contributed by atoms with Crippen molar-refractivity contribution in [2.45, 2.75) is 64.7 Å². The Morgan fingerprint density at radius 1 is 0.818 bits per heavy atom. The van der Waals surface area contributed by atoms with Crippen LogP contribution in [0.4, 0.5) is 0 Å². The summed E-state index contributed by atoms with van der Waals surface area (Å²) in [6, 6.07) is 5.30. The number of aryl methyl sites for hydroxylation is 1. The Hall–Kier alpha value is 0.382. The predicted molar refractivity (Wildman–Crippen MR) is 122 cm³/mol. The third-order valence-corrected chi connectivity index (χ3v) is 5.05. The second-order valence-electron chi connectivity index (χ2n) is 7.75. The first kappa shape index (κ1) is 33.4. The van der Waals surface area contributed by atoms with Crippen LogP contribution in [0.1, 0.15) is 74.2 Å². The molecule has 0 atom stereocenters. The van der Waals surface area contributed by atoms with Gasteiger partial charge in [0.15, 0.2) is 0 Å².